The number of imidazole rings is 1. The predicted molar refractivity (Wildman–Crippen MR) is 113 cm³/mol. The summed E-state index contributed by atoms with van der Waals surface area (Å²) in [5.41, 5.74) is 1.08. The number of aromatic nitrogens is 2. The molecule has 4 rings (SSSR count). The van der Waals surface area contributed by atoms with Gasteiger partial charge in [-0.15, -0.1) is 0 Å². The highest BCUT2D eigenvalue weighted by Gasteiger charge is 2.37. The first kappa shape index (κ1) is 21.5. The third kappa shape index (κ3) is 3.73. The lowest BCUT2D eigenvalue weighted by Crippen LogP contribution is -2.39. The molecule has 2 aliphatic heterocycles. The van der Waals surface area contributed by atoms with Crippen molar-refractivity contribution >= 4 is 21.8 Å². The van der Waals surface area contributed by atoms with E-state index in [-0.39, 0.29) is 35.6 Å². The molecule has 3 heterocycles. The fraction of sp³-hybridized carbons (Fsp3) is 0.450. The second-order valence-electron chi connectivity index (χ2n) is 7.98. The SMILES string of the molecule is CNC(=O)CN1Cc2c(C(=O)N3CC[C@H](N(C)C)C3)ncn2-c2ccccc2S1(=O)=O. The van der Waals surface area contributed by atoms with Gasteiger partial charge < -0.3 is 15.1 Å². The van der Waals surface area contributed by atoms with Crippen molar-refractivity contribution in [2.45, 2.75) is 23.9 Å². The number of amides is 2. The Balaban J connectivity index is 1.78. The monoisotopic (exact) mass is 446 g/mol. The lowest BCUT2D eigenvalue weighted by Gasteiger charge is -2.21. The van der Waals surface area contributed by atoms with Crippen molar-refractivity contribution in [3.05, 3.63) is 42.0 Å². The largest absolute Gasteiger partial charge is 0.358 e. The number of rotatable bonds is 4. The molecule has 0 bridgehead atoms. The molecule has 1 N–H and O–H groups in total. The fourth-order valence-electron chi connectivity index (χ4n) is 4.05. The van der Waals surface area contributed by atoms with Gasteiger partial charge in [-0.25, -0.2) is 13.4 Å². The molecule has 0 unspecified atom stereocenters. The Hall–Kier alpha value is -2.76. The van der Waals surface area contributed by atoms with E-state index in [1.54, 1.807) is 27.7 Å². The van der Waals surface area contributed by atoms with Gasteiger partial charge in [0.1, 0.15) is 11.2 Å². The minimum Gasteiger partial charge on any atom is -0.358 e. The molecule has 0 radical (unpaired) electrons. The van der Waals surface area contributed by atoms with Gasteiger partial charge in [0.25, 0.3) is 5.91 Å². The lowest BCUT2D eigenvalue weighted by atomic mass is 10.2. The highest BCUT2D eigenvalue weighted by Crippen LogP contribution is 2.31. The number of hydrogen-bond donors (Lipinski definition) is 1. The molecule has 2 aromatic rings. The smallest absolute Gasteiger partial charge is 0.274 e. The molecule has 1 aromatic heterocycles. The second kappa shape index (κ2) is 8.06. The van der Waals surface area contributed by atoms with E-state index < -0.39 is 15.9 Å². The summed E-state index contributed by atoms with van der Waals surface area (Å²) < 4.78 is 29.4. The number of benzene rings is 1. The lowest BCUT2D eigenvalue weighted by molar-refractivity contribution is -0.120. The summed E-state index contributed by atoms with van der Waals surface area (Å²) in [5.74, 6) is -0.662. The maximum Gasteiger partial charge on any atom is 0.274 e. The average Bonchev–Trinajstić information content (AvgIpc) is 3.38. The number of likely N-dealkylation sites (tertiary alicyclic amines) is 1. The number of para-hydroxylation sites is 1. The van der Waals surface area contributed by atoms with Crippen molar-refractivity contribution in [1.29, 1.82) is 0 Å². The number of carbonyl (C=O) groups is 2. The van der Waals surface area contributed by atoms with E-state index in [4.69, 9.17) is 0 Å². The zero-order chi connectivity index (χ0) is 22.3. The van der Waals surface area contributed by atoms with Gasteiger partial charge in [-0.2, -0.15) is 4.31 Å². The van der Waals surface area contributed by atoms with Crippen molar-refractivity contribution in [2.24, 2.45) is 0 Å². The van der Waals surface area contributed by atoms with Crippen LogP contribution in [0.5, 0.6) is 0 Å². The van der Waals surface area contributed by atoms with Crippen LogP contribution in [0.2, 0.25) is 0 Å². The Bertz CT molecular complexity index is 1130. The molecule has 2 aliphatic rings. The average molecular weight is 447 g/mol. The molecular formula is C20H26N6O4S. The molecule has 11 heteroatoms. The van der Waals surface area contributed by atoms with Gasteiger partial charge in [0.05, 0.1) is 24.5 Å². The first-order chi connectivity index (χ1) is 14.7. The zero-order valence-electron chi connectivity index (χ0n) is 17.8. The van der Waals surface area contributed by atoms with Crippen molar-refractivity contribution in [2.75, 3.05) is 40.8 Å². The molecule has 1 aromatic carbocycles. The van der Waals surface area contributed by atoms with Crippen LogP contribution in [0.15, 0.2) is 35.5 Å². The van der Waals surface area contributed by atoms with Crippen LogP contribution in [0.1, 0.15) is 22.6 Å². The van der Waals surface area contributed by atoms with E-state index >= 15 is 0 Å². The zero-order valence-corrected chi connectivity index (χ0v) is 18.6. The first-order valence-electron chi connectivity index (χ1n) is 10.1. The van der Waals surface area contributed by atoms with Gasteiger partial charge in [0.2, 0.25) is 15.9 Å². The highest BCUT2D eigenvalue weighted by atomic mass is 32.2. The summed E-state index contributed by atoms with van der Waals surface area (Å²) in [6.07, 6.45) is 2.36. The van der Waals surface area contributed by atoms with Crippen LogP contribution >= 0.6 is 0 Å². The van der Waals surface area contributed by atoms with Crippen LogP contribution in [0.3, 0.4) is 0 Å². The first-order valence-corrected chi connectivity index (χ1v) is 11.5. The normalized spacial score (nSPS) is 20.3. The highest BCUT2D eigenvalue weighted by molar-refractivity contribution is 7.89. The summed E-state index contributed by atoms with van der Waals surface area (Å²) >= 11 is 0. The molecule has 31 heavy (non-hydrogen) atoms. The number of sulfonamides is 1. The number of hydrogen-bond acceptors (Lipinski definition) is 6. The van der Waals surface area contributed by atoms with Crippen LogP contribution in [-0.2, 0) is 21.4 Å². The van der Waals surface area contributed by atoms with E-state index in [1.165, 1.54) is 19.4 Å². The van der Waals surface area contributed by atoms with Crippen LogP contribution in [0.25, 0.3) is 5.69 Å². The van der Waals surface area contributed by atoms with E-state index in [0.717, 1.165) is 10.7 Å². The Morgan fingerprint density at radius 3 is 2.68 bits per heavy atom. The Morgan fingerprint density at radius 2 is 2.00 bits per heavy atom. The third-order valence-electron chi connectivity index (χ3n) is 5.92. The van der Waals surface area contributed by atoms with Gasteiger partial charge in [-0.1, -0.05) is 12.1 Å². The van der Waals surface area contributed by atoms with Gasteiger partial charge in [-0.3, -0.25) is 14.2 Å². The molecule has 1 atom stereocenters. The minimum atomic E-state index is -3.95. The van der Waals surface area contributed by atoms with Gasteiger partial charge in [-0.05, 0) is 32.6 Å². The Kier molecular flexibility index (Phi) is 5.58. The van der Waals surface area contributed by atoms with Crippen molar-refractivity contribution in [3.63, 3.8) is 0 Å². The van der Waals surface area contributed by atoms with E-state index in [0.29, 0.717) is 24.5 Å². The minimum absolute atomic E-state index is 0.0721. The molecule has 0 aliphatic carbocycles. The van der Waals surface area contributed by atoms with E-state index in [2.05, 4.69) is 15.2 Å². The van der Waals surface area contributed by atoms with E-state index in [9.17, 15) is 18.0 Å². The summed E-state index contributed by atoms with van der Waals surface area (Å²) in [6, 6.07) is 6.81. The van der Waals surface area contributed by atoms with Crippen LogP contribution < -0.4 is 5.32 Å². The maximum atomic E-state index is 13.3. The fourth-order valence-corrected chi connectivity index (χ4v) is 5.59. The van der Waals surface area contributed by atoms with Gasteiger partial charge in [0, 0.05) is 26.2 Å². The number of nitrogens with one attached hydrogen (secondary N) is 1. The van der Waals surface area contributed by atoms with Crippen LogP contribution in [-0.4, -0.2) is 90.7 Å². The second-order valence-corrected chi connectivity index (χ2v) is 9.89. The number of fused-ring (bicyclic) bond motifs is 3. The van der Waals surface area contributed by atoms with Gasteiger partial charge in [0.15, 0.2) is 5.69 Å². The molecule has 166 valence electrons. The van der Waals surface area contributed by atoms with E-state index in [1.807, 2.05) is 14.1 Å². The standard InChI is InChI=1S/C20H26N6O4S/c1-21-18(27)12-25-11-16-19(20(28)24-9-8-14(10-24)23(2)3)22-13-26(16)15-6-4-5-7-17(15)31(25,29)30/h4-7,13-14H,8-12H2,1-3H3,(H,21,27)/t14-/m0/s1. The van der Waals surface area contributed by atoms with Crippen molar-refractivity contribution in [1.82, 2.24) is 29.0 Å². The number of likely N-dealkylation sites (N-methyl/N-ethyl adjacent to an activating group) is 2. The molecule has 0 spiro atoms. The molecule has 10 nitrogen and oxygen atoms in total. The van der Waals surface area contributed by atoms with Crippen molar-refractivity contribution in [3.8, 4) is 5.69 Å². The molecular weight excluding hydrogens is 420 g/mol. The summed E-state index contributed by atoms with van der Waals surface area (Å²) in [4.78, 5) is 33.6. The summed E-state index contributed by atoms with van der Waals surface area (Å²) in [7, 11) is 1.47. The quantitative estimate of drug-likeness (QED) is 0.703. The number of carbonyl (C=O) groups excluding carboxylic acids is 2. The molecule has 0 saturated carbocycles. The van der Waals surface area contributed by atoms with Gasteiger partial charge >= 0.3 is 0 Å². The predicted octanol–water partition coefficient (Wildman–Crippen LogP) is -0.101. The topological polar surface area (TPSA) is 108 Å². The third-order valence-corrected chi connectivity index (χ3v) is 7.76. The van der Waals surface area contributed by atoms with Crippen LogP contribution in [0, 0.1) is 0 Å². The maximum absolute atomic E-state index is 13.3. The molecule has 2 amide bonds. The van der Waals surface area contributed by atoms with Crippen LogP contribution in [0.4, 0.5) is 0 Å². The Morgan fingerprint density at radius 1 is 1.26 bits per heavy atom. The summed E-state index contributed by atoms with van der Waals surface area (Å²) in [6.45, 7) is 0.731. The molecule has 1 saturated heterocycles. The summed E-state index contributed by atoms with van der Waals surface area (Å²) in [5, 5.41) is 2.46. The van der Waals surface area contributed by atoms with Crippen molar-refractivity contribution < 1.29 is 18.0 Å². The molecule has 1 fully saturated rings. The Labute approximate surface area is 181 Å². The number of nitrogens with zero attached hydrogens (tertiary/aromatic N) is 5.